The van der Waals surface area contributed by atoms with E-state index in [4.69, 9.17) is 14.2 Å². The molecular formula is C30H26N4O4. The molecule has 0 aliphatic rings. The molecule has 0 unspecified atom stereocenters. The highest BCUT2D eigenvalue weighted by molar-refractivity contribution is 6.00. The molecule has 190 valence electrons. The fraction of sp³-hybridized carbons (Fsp3) is 0.100. The van der Waals surface area contributed by atoms with E-state index in [0.29, 0.717) is 29.5 Å². The molecule has 0 aliphatic heterocycles. The van der Waals surface area contributed by atoms with Gasteiger partial charge in [0.25, 0.3) is 5.91 Å². The molecule has 5 rings (SSSR count). The number of fused-ring (bicyclic) bond motifs is 1. The number of hydrogen-bond donors (Lipinski definition) is 2. The highest BCUT2D eigenvalue weighted by Crippen LogP contribution is 2.36. The predicted octanol–water partition coefficient (Wildman–Crippen LogP) is 5.59. The smallest absolute Gasteiger partial charge is 0.289 e. The van der Waals surface area contributed by atoms with Crippen molar-refractivity contribution in [3.05, 3.63) is 108 Å². The summed E-state index contributed by atoms with van der Waals surface area (Å²) in [7, 11) is 3.20. The van der Waals surface area contributed by atoms with Gasteiger partial charge in [0.1, 0.15) is 18.1 Å². The summed E-state index contributed by atoms with van der Waals surface area (Å²) in [5.74, 6) is 1.43. The first-order valence-corrected chi connectivity index (χ1v) is 12.0. The van der Waals surface area contributed by atoms with Crippen LogP contribution in [0.3, 0.4) is 0 Å². The number of rotatable bonds is 9. The average Bonchev–Trinajstić information content (AvgIpc) is 3.46. The van der Waals surface area contributed by atoms with E-state index in [1.54, 1.807) is 32.4 Å². The molecular weight excluding hydrogens is 480 g/mol. The Morgan fingerprint density at radius 2 is 1.66 bits per heavy atom. The van der Waals surface area contributed by atoms with Crippen LogP contribution in [0.5, 0.6) is 17.2 Å². The van der Waals surface area contributed by atoms with Gasteiger partial charge >= 0.3 is 0 Å². The number of carbonyl (C=O) groups is 1. The van der Waals surface area contributed by atoms with Crippen molar-refractivity contribution in [1.29, 1.82) is 0 Å². The van der Waals surface area contributed by atoms with Crippen LogP contribution in [0.25, 0.3) is 22.0 Å². The molecule has 0 saturated heterocycles. The Kier molecular flexibility index (Phi) is 7.31. The Balaban J connectivity index is 1.29. The monoisotopic (exact) mass is 506 g/mol. The second-order valence-electron chi connectivity index (χ2n) is 8.41. The van der Waals surface area contributed by atoms with Crippen LogP contribution >= 0.6 is 0 Å². The van der Waals surface area contributed by atoms with Gasteiger partial charge in [-0.25, -0.2) is 5.43 Å². The van der Waals surface area contributed by atoms with Crippen molar-refractivity contribution in [3.8, 4) is 28.5 Å². The first-order chi connectivity index (χ1) is 18.7. The number of benzene rings is 4. The molecule has 0 radical (unpaired) electrons. The molecule has 1 amide bonds. The van der Waals surface area contributed by atoms with Crippen LogP contribution in [0.2, 0.25) is 0 Å². The van der Waals surface area contributed by atoms with Crippen molar-refractivity contribution in [2.75, 3.05) is 14.2 Å². The van der Waals surface area contributed by atoms with Crippen LogP contribution in [0.4, 0.5) is 0 Å². The van der Waals surface area contributed by atoms with Gasteiger partial charge < -0.3 is 14.2 Å². The highest BCUT2D eigenvalue weighted by Gasteiger charge is 2.16. The Morgan fingerprint density at radius 3 is 2.47 bits per heavy atom. The molecule has 8 heteroatoms. The molecule has 0 atom stereocenters. The summed E-state index contributed by atoms with van der Waals surface area (Å²) in [5.41, 5.74) is 6.00. The van der Waals surface area contributed by atoms with Crippen LogP contribution in [-0.2, 0) is 6.61 Å². The van der Waals surface area contributed by atoms with Crippen LogP contribution in [-0.4, -0.2) is 36.5 Å². The zero-order valence-corrected chi connectivity index (χ0v) is 21.0. The number of aromatic amines is 1. The first kappa shape index (κ1) is 24.6. The summed E-state index contributed by atoms with van der Waals surface area (Å²) in [6.07, 6.45) is 1.54. The molecule has 0 saturated carbocycles. The number of H-pyrrole nitrogens is 1. The molecule has 4 aromatic carbocycles. The quantitative estimate of drug-likeness (QED) is 0.201. The number of carbonyl (C=O) groups excluding carboxylic acids is 1. The predicted molar refractivity (Wildman–Crippen MR) is 147 cm³/mol. The van der Waals surface area contributed by atoms with E-state index in [1.165, 1.54) is 6.21 Å². The topological polar surface area (TPSA) is 97.8 Å². The number of aromatic nitrogens is 2. The molecule has 1 heterocycles. The van der Waals surface area contributed by atoms with Gasteiger partial charge in [-0.2, -0.15) is 10.2 Å². The zero-order chi connectivity index (χ0) is 26.3. The summed E-state index contributed by atoms with van der Waals surface area (Å²) >= 11 is 0. The molecule has 5 aromatic rings. The number of nitrogens with one attached hydrogen (secondary N) is 2. The van der Waals surface area contributed by atoms with Gasteiger partial charge in [-0.05, 0) is 52.2 Å². The maximum atomic E-state index is 12.8. The standard InChI is InChI=1S/C30H26N4O4/c1-36-26-14-12-21(16-28(26)38-19-20-8-4-3-5-9-20)18-31-34-30(35)25-17-24(32-33-25)29-23-11-7-6-10-22(23)13-15-27(29)37-2/h3-18H,19H2,1-2H3,(H,32,33)(H,34,35). The van der Waals surface area contributed by atoms with Crippen molar-refractivity contribution < 1.29 is 19.0 Å². The maximum absolute atomic E-state index is 12.8. The molecule has 0 bridgehead atoms. The van der Waals surface area contributed by atoms with Crippen LogP contribution < -0.4 is 19.6 Å². The van der Waals surface area contributed by atoms with Crippen LogP contribution in [0.1, 0.15) is 21.6 Å². The highest BCUT2D eigenvalue weighted by atomic mass is 16.5. The lowest BCUT2D eigenvalue weighted by Crippen LogP contribution is -2.18. The van der Waals surface area contributed by atoms with E-state index in [2.05, 4.69) is 20.7 Å². The van der Waals surface area contributed by atoms with Gasteiger partial charge in [0.2, 0.25) is 0 Å². The number of ether oxygens (including phenoxy) is 3. The third kappa shape index (κ3) is 5.34. The molecule has 0 aliphatic carbocycles. The third-order valence-electron chi connectivity index (χ3n) is 5.99. The first-order valence-electron chi connectivity index (χ1n) is 12.0. The van der Waals surface area contributed by atoms with Gasteiger partial charge in [0, 0.05) is 0 Å². The fourth-order valence-corrected chi connectivity index (χ4v) is 4.10. The minimum absolute atomic E-state index is 0.272. The lowest BCUT2D eigenvalue weighted by molar-refractivity contribution is 0.0950. The molecule has 38 heavy (non-hydrogen) atoms. The Hall–Kier alpha value is -5.11. The molecule has 0 spiro atoms. The van der Waals surface area contributed by atoms with Gasteiger partial charge in [-0.3, -0.25) is 9.89 Å². The van der Waals surface area contributed by atoms with Crippen molar-refractivity contribution >= 4 is 22.9 Å². The van der Waals surface area contributed by atoms with Crippen molar-refractivity contribution in [1.82, 2.24) is 15.6 Å². The van der Waals surface area contributed by atoms with Crippen molar-refractivity contribution in [2.24, 2.45) is 5.10 Å². The van der Waals surface area contributed by atoms with E-state index < -0.39 is 5.91 Å². The summed E-state index contributed by atoms with van der Waals surface area (Å²) in [4.78, 5) is 12.8. The van der Waals surface area contributed by atoms with Crippen molar-refractivity contribution in [2.45, 2.75) is 6.61 Å². The fourth-order valence-electron chi connectivity index (χ4n) is 4.10. The second kappa shape index (κ2) is 11.3. The SMILES string of the molecule is COc1ccc(C=NNC(=O)c2cc(-c3c(OC)ccc4ccccc34)n[nH]2)cc1OCc1ccccc1. The summed E-state index contributed by atoms with van der Waals surface area (Å²) < 4.78 is 16.9. The van der Waals surface area contributed by atoms with Crippen LogP contribution in [0, 0.1) is 0 Å². The minimum atomic E-state index is -0.423. The van der Waals surface area contributed by atoms with Crippen LogP contribution in [0.15, 0.2) is 96.1 Å². The lowest BCUT2D eigenvalue weighted by Gasteiger charge is -2.11. The zero-order valence-electron chi connectivity index (χ0n) is 21.0. The van der Waals surface area contributed by atoms with Gasteiger partial charge in [0.15, 0.2) is 11.5 Å². The van der Waals surface area contributed by atoms with Gasteiger partial charge in [0.05, 0.1) is 31.7 Å². The lowest BCUT2D eigenvalue weighted by atomic mass is 10.0. The summed E-state index contributed by atoms with van der Waals surface area (Å²) in [6.45, 7) is 0.401. The molecule has 0 fully saturated rings. The number of hydrogen-bond acceptors (Lipinski definition) is 6. The van der Waals surface area contributed by atoms with E-state index >= 15 is 0 Å². The van der Waals surface area contributed by atoms with E-state index in [9.17, 15) is 4.79 Å². The van der Waals surface area contributed by atoms with Gasteiger partial charge in [-0.15, -0.1) is 0 Å². The minimum Gasteiger partial charge on any atom is -0.496 e. The Morgan fingerprint density at radius 1 is 0.895 bits per heavy atom. The molecule has 8 nitrogen and oxygen atoms in total. The second-order valence-corrected chi connectivity index (χ2v) is 8.41. The maximum Gasteiger partial charge on any atom is 0.289 e. The molecule has 1 aromatic heterocycles. The van der Waals surface area contributed by atoms with E-state index in [-0.39, 0.29) is 5.69 Å². The third-order valence-corrected chi connectivity index (χ3v) is 5.99. The normalized spacial score (nSPS) is 11.0. The summed E-state index contributed by atoms with van der Waals surface area (Å²) in [5, 5.41) is 13.3. The van der Waals surface area contributed by atoms with Crippen molar-refractivity contribution in [3.63, 3.8) is 0 Å². The number of hydrazone groups is 1. The summed E-state index contributed by atoms with van der Waals surface area (Å²) in [6, 6.07) is 28.8. The number of amides is 1. The average molecular weight is 507 g/mol. The largest absolute Gasteiger partial charge is 0.496 e. The Labute approximate surface area is 219 Å². The molecule has 2 N–H and O–H groups in total. The van der Waals surface area contributed by atoms with E-state index in [1.807, 2.05) is 72.8 Å². The Bertz CT molecular complexity index is 1600. The number of methoxy groups -OCH3 is 2. The van der Waals surface area contributed by atoms with E-state index in [0.717, 1.165) is 27.5 Å². The van der Waals surface area contributed by atoms with Gasteiger partial charge in [-0.1, -0.05) is 60.7 Å². The number of nitrogens with zero attached hydrogens (tertiary/aromatic N) is 2.